The number of rotatable bonds is 0. The van der Waals surface area contributed by atoms with Gasteiger partial charge in [-0.2, -0.15) is 5.10 Å². The van der Waals surface area contributed by atoms with Crippen LogP contribution in [0.2, 0.25) is 0 Å². The van der Waals surface area contributed by atoms with Gasteiger partial charge >= 0.3 is 0 Å². The van der Waals surface area contributed by atoms with Gasteiger partial charge in [0.2, 0.25) is 0 Å². The van der Waals surface area contributed by atoms with Gasteiger partial charge in [0.25, 0.3) is 0 Å². The van der Waals surface area contributed by atoms with Gasteiger partial charge in [-0.3, -0.25) is 0 Å². The van der Waals surface area contributed by atoms with Crippen molar-refractivity contribution >= 4 is 16.4 Å². The fourth-order valence-corrected chi connectivity index (χ4v) is 1.91. The molecule has 3 rings (SSSR count). The van der Waals surface area contributed by atoms with Gasteiger partial charge in [0.05, 0.1) is 5.65 Å². The van der Waals surface area contributed by atoms with E-state index in [0.29, 0.717) is 0 Å². The van der Waals surface area contributed by atoms with Gasteiger partial charge in [0.1, 0.15) is 5.82 Å². The molecule has 0 aliphatic carbocycles. The van der Waals surface area contributed by atoms with E-state index < -0.39 is 0 Å². The molecule has 0 aliphatic rings. The number of nitrogens with zero attached hydrogens (tertiary/aromatic N) is 3. The Kier molecular flexibility index (Phi) is 2.78. The van der Waals surface area contributed by atoms with Crippen molar-refractivity contribution in [3.63, 3.8) is 0 Å². The first kappa shape index (κ1) is 11.2. The van der Waals surface area contributed by atoms with Crippen molar-refractivity contribution in [1.82, 2.24) is 14.6 Å². The minimum absolute atomic E-state index is 0. The molecule has 4 heteroatoms. The molecule has 0 saturated heterocycles. The van der Waals surface area contributed by atoms with Crippen LogP contribution in [-0.4, -0.2) is 14.6 Å². The molecule has 1 aromatic carbocycles. The van der Waals surface area contributed by atoms with Crippen molar-refractivity contribution in [3.8, 4) is 0 Å². The van der Waals surface area contributed by atoms with Crippen molar-refractivity contribution in [1.29, 1.82) is 0 Å². The molecule has 16 heavy (non-hydrogen) atoms. The molecule has 83 valence electrons. The normalized spacial score (nSPS) is 10.6. The molecule has 0 atom stereocenters. The summed E-state index contributed by atoms with van der Waals surface area (Å²) >= 11 is 0. The second-order valence-corrected chi connectivity index (χ2v) is 3.71. The summed E-state index contributed by atoms with van der Waals surface area (Å²) < 4.78 is 2.01. The topological polar surface area (TPSA) is 30.2 Å². The summed E-state index contributed by atoms with van der Waals surface area (Å²) in [5.74, 6) is 0.909. The van der Waals surface area contributed by atoms with Gasteiger partial charge in [-0.25, -0.2) is 0 Å². The fourth-order valence-electron chi connectivity index (χ4n) is 1.91. The number of benzene rings is 1. The maximum absolute atomic E-state index is 4.17. The number of aryl methyl sites for hydroxylation is 2. The summed E-state index contributed by atoms with van der Waals surface area (Å²) in [6.07, 6.45) is 2.07. The monoisotopic (exact) mass is 389 g/mol. The van der Waals surface area contributed by atoms with Crippen LogP contribution >= 0.6 is 0 Å². The Hall–Kier alpha value is -1.25. The first-order chi connectivity index (χ1) is 7.27. The SMILES string of the molecule is Cc1cn2c(C)nnc2c2[c-]cccc12.[Ir]. The summed E-state index contributed by atoms with van der Waals surface area (Å²) in [5, 5.41) is 10.5. The van der Waals surface area contributed by atoms with Crippen molar-refractivity contribution in [2.45, 2.75) is 13.8 Å². The Morgan fingerprint density at radius 1 is 1.25 bits per heavy atom. The van der Waals surface area contributed by atoms with E-state index in [1.165, 1.54) is 10.9 Å². The zero-order chi connectivity index (χ0) is 10.4. The predicted molar refractivity (Wildman–Crippen MR) is 58.8 cm³/mol. The predicted octanol–water partition coefficient (Wildman–Crippen LogP) is 2.30. The maximum Gasteiger partial charge on any atom is 0.124 e. The van der Waals surface area contributed by atoms with Gasteiger partial charge in [0, 0.05) is 20.1 Å². The van der Waals surface area contributed by atoms with Crippen molar-refractivity contribution < 1.29 is 20.1 Å². The van der Waals surface area contributed by atoms with Crippen LogP contribution in [0.4, 0.5) is 0 Å². The van der Waals surface area contributed by atoms with E-state index in [4.69, 9.17) is 0 Å². The molecule has 3 aromatic rings. The van der Waals surface area contributed by atoms with E-state index in [2.05, 4.69) is 35.5 Å². The molecule has 0 saturated carbocycles. The molecule has 0 bridgehead atoms. The number of pyridine rings is 1. The first-order valence-electron chi connectivity index (χ1n) is 4.89. The molecule has 2 aromatic heterocycles. The average Bonchev–Trinajstić information content (AvgIpc) is 2.62. The van der Waals surface area contributed by atoms with Crippen LogP contribution in [0.3, 0.4) is 0 Å². The van der Waals surface area contributed by atoms with E-state index >= 15 is 0 Å². The van der Waals surface area contributed by atoms with E-state index in [-0.39, 0.29) is 20.1 Å². The Balaban J connectivity index is 0.000000963. The number of hydrogen-bond acceptors (Lipinski definition) is 2. The zero-order valence-electron chi connectivity index (χ0n) is 8.98. The number of hydrogen-bond donors (Lipinski definition) is 0. The van der Waals surface area contributed by atoms with E-state index in [9.17, 15) is 0 Å². The van der Waals surface area contributed by atoms with Crippen LogP contribution in [-0.2, 0) is 20.1 Å². The molecule has 3 nitrogen and oxygen atoms in total. The summed E-state index contributed by atoms with van der Waals surface area (Å²) in [6.45, 7) is 4.04. The Morgan fingerprint density at radius 2 is 2.06 bits per heavy atom. The van der Waals surface area contributed by atoms with Gasteiger partial charge in [0.15, 0.2) is 0 Å². The van der Waals surface area contributed by atoms with Crippen LogP contribution < -0.4 is 0 Å². The third-order valence-corrected chi connectivity index (χ3v) is 2.69. The summed E-state index contributed by atoms with van der Waals surface area (Å²) in [7, 11) is 0. The van der Waals surface area contributed by atoms with Crippen molar-refractivity contribution in [2.24, 2.45) is 0 Å². The molecule has 0 unspecified atom stereocenters. The Morgan fingerprint density at radius 3 is 2.88 bits per heavy atom. The average molecular weight is 388 g/mol. The molecule has 0 fully saturated rings. The van der Waals surface area contributed by atoms with E-state index in [1.54, 1.807) is 0 Å². The standard InChI is InChI=1S/C12H10N3.Ir/c1-8-7-15-9(2)13-14-12(15)11-6-4-3-5-10(8)11;/h3-5,7H,1-2H3;/q-1;. The quantitative estimate of drug-likeness (QED) is 0.553. The summed E-state index contributed by atoms with van der Waals surface area (Å²) in [6, 6.07) is 9.22. The Bertz CT molecular complexity index is 658. The molecular weight excluding hydrogens is 378 g/mol. The van der Waals surface area contributed by atoms with E-state index in [0.717, 1.165) is 16.9 Å². The molecule has 2 heterocycles. The smallest absolute Gasteiger partial charge is 0.124 e. The van der Waals surface area contributed by atoms with Gasteiger partial charge in [-0.15, -0.1) is 34.8 Å². The van der Waals surface area contributed by atoms with Gasteiger partial charge in [-0.1, -0.05) is 10.9 Å². The molecular formula is C12H10IrN3-. The molecule has 0 aliphatic heterocycles. The number of fused-ring (bicyclic) bond motifs is 3. The van der Waals surface area contributed by atoms with Crippen LogP contribution in [0.15, 0.2) is 24.4 Å². The van der Waals surface area contributed by atoms with Crippen molar-refractivity contribution in [3.05, 3.63) is 41.9 Å². The zero-order valence-corrected chi connectivity index (χ0v) is 11.4. The molecule has 0 N–H and O–H groups in total. The van der Waals surface area contributed by atoms with Crippen molar-refractivity contribution in [2.75, 3.05) is 0 Å². The van der Waals surface area contributed by atoms with Crippen LogP contribution in [0.1, 0.15) is 11.4 Å². The van der Waals surface area contributed by atoms with Crippen LogP contribution in [0, 0.1) is 19.9 Å². The summed E-state index contributed by atoms with van der Waals surface area (Å²) in [4.78, 5) is 0. The largest absolute Gasteiger partial charge is 0.327 e. The first-order valence-corrected chi connectivity index (χ1v) is 4.89. The van der Waals surface area contributed by atoms with Crippen LogP contribution in [0.5, 0.6) is 0 Å². The van der Waals surface area contributed by atoms with E-state index in [1.807, 2.05) is 23.5 Å². The second kappa shape index (κ2) is 3.96. The minimum Gasteiger partial charge on any atom is -0.327 e. The second-order valence-electron chi connectivity index (χ2n) is 3.71. The fraction of sp³-hybridized carbons (Fsp3) is 0.167. The maximum atomic E-state index is 4.17. The van der Waals surface area contributed by atoms with Gasteiger partial charge in [-0.05, 0) is 20.0 Å². The minimum atomic E-state index is 0. The molecule has 1 radical (unpaired) electrons. The van der Waals surface area contributed by atoms with Gasteiger partial charge < -0.3 is 4.40 Å². The third kappa shape index (κ3) is 1.46. The molecule has 0 amide bonds. The third-order valence-electron chi connectivity index (χ3n) is 2.69. The summed E-state index contributed by atoms with van der Waals surface area (Å²) in [5.41, 5.74) is 2.10. The Labute approximate surface area is 107 Å². The van der Waals surface area contributed by atoms with Crippen LogP contribution in [0.25, 0.3) is 16.4 Å². The number of aromatic nitrogens is 3. The molecule has 0 spiro atoms.